The first-order valence-corrected chi connectivity index (χ1v) is 4.91. The van der Waals surface area contributed by atoms with Crippen molar-refractivity contribution in [1.29, 1.82) is 0 Å². The monoisotopic (exact) mass is 213 g/mol. The van der Waals surface area contributed by atoms with Crippen molar-refractivity contribution in [3.8, 4) is 11.3 Å². The van der Waals surface area contributed by atoms with Crippen molar-refractivity contribution >= 4 is 5.69 Å². The largest absolute Gasteiger partial charge is 0.359 e. The van der Waals surface area contributed by atoms with E-state index in [0.717, 1.165) is 11.3 Å². The maximum atomic E-state index is 6.85. The van der Waals surface area contributed by atoms with Crippen LogP contribution in [-0.4, -0.2) is 5.16 Å². The lowest BCUT2D eigenvalue weighted by molar-refractivity contribution is 0.369. The van der Waals surface area contributed by atoms with Gasteiger partial charge in [-0.1, -0.05) is 29.4 Å². The first kappa shape index (κ1) is 10.4. The molecule has 4 heteroatoms. The smallest absolute Gasteiger partial charge is 0.187 e. The quantitative estimate of drug-likeness (QED) is 0.780. The third-order valence-corrected chi connectivity index (χ3v) is 2.27. The maximum Gasteiger partial charge on any atom is 0.187 e. The molecule has 0 bridgehead atoms. The van der Waals surface area contributed by atoms with Crippen LogP contribution in [0.1, 0.15) is 18.7 Å². The summed E-state index contributed by atoms with van der Waals surface area (Å²) in [6.45, 7) is 8.69. The minimum atomic E-state index is -0.163. The average Bonchev–Trinajstić information content (AvgIpc) is 2.78. The molecule has 0 saturated carbocycles. The van der Waals surface area contributed by atoms with Gasteiger partial charge < -0.3 is 10.3 Å². The molecular formula is C12H11N3O. The van der Waals surface area contributed by atoms with Gasteiger partial charge >= 0.3 is 0 Å². The lowest BCUT2D eigenvalue weighted by atomic mass is 10.1. The standard InChI is InChI=1S/C12H11N3O/c1-8(13)12-7-11(15-16-12)9-3-5-10(14-2)6-4-9/h3-8H,13H2,1H3/t8-/m1/s1. The van der Waals surface area contributed by atoms with Crippen LogP contribution in [0.2, 0.25) is 0 Å². The Kier molecular flexibility index (Phi) is 2.71. The topological polar surface area (TPSA) is 56.4 Å². The third-order valence-electron chi connectivity index (χ3n) is 2.27. The normalized spacial score (nSPS) is 12.1. The van der Waals surface area contributed by atoms with Crippen LogP contribution in [-0.2, 0) is 0 Å². The Labute approximate surface area is 93.5 Å². The summed E-state index contributed by atoms with van der Waals surface area (Å²) in [5.41, 5.74) is 7.95. The summed E-state index contributed by atoms with van der Waals surface area (Å²) in [6.07, 6.45) is 0. The number of aromatic nitrogens is 1. The zero-order valence-electron chi connectivity index (χ0n) is 8.84. The van der Waals surface area contributed by atoms with Crippen LogP contribution in [0.5, 0.6) is 0 Å². The summed E-state index contributed by atoms with van der Waals surface area (Å²) >= 11 is 0. The molecule has 0 radical (unpaired) electrons. The highest BCUT2D eigenvalue weighted by Gasteiger charge is 2.09. The van der Waals surface area contributed by atoms with E-state index in [9.17, 15) is 0 Å². The molecule has 16 heavy (non-hydrogen) atoms. The zero-order valence-corrected chi connectivity index (χ0v) is 8.84. The van der Waals surface area contributed by atoms with Crippen molar-refractivity contribution in [3.63, 3.8) is 0 Å². The molecule has 4 nitrogen and oxygen atoms in total. The highest BCUT2D eigenvalue weighted by atomic mass is 16.5. The van der Waals surface area contributed by atoms with E-state index in [1.54, 1.807) is 12.1 Å². The van der Waals surface area contributed by atoms with Gasteiger partial charge in [-0.3, -0.25) is 0 Å². The van der Waals surface area contributed by atoms with Crippen LogP contribution in [0, 0.1) is 6.57 Å². The van der Waals surface area contributed by atoms with Gasteiger partial charge in [-0.15, -0.1) is 0 Å². The van der Waals surface area contributed by atoms with Crippen LogP contribution in [0.3, 0.4) is 0 Å². The van der Waals surface area contributed by atoms with Crippen molar-refractivity contribution in [3.05, 3.63) is 47.5 Å². The Hall–Kier alpha value is -2.12. The van der Waals surface area contributed by atoms with Crippen LogP contribution in [0.4, 0.5) is 5.69 Å². The molecule has 1 atom stereocenters. The SMILES string of the molecule is [C-]#[N+]c1ccc(-c2cc([C@@H](C)N)on2)cc1. The fourth-order valence-electron chi connectivity index (χ4n) is 1.35. The summed E-state index contributed by atoms with van der Waals surface area (Å²) in [5.74, 6) is 0.657. The molecule has 0 unspecified atom stereocenters. The molecular weight excluding hydrogens is 202 g/mol. The predicted octanol–water partition coefficient (Wildman–Crippen LogP) is 2.91. The summed E-state index contributed by atoms with van der Waals surface area (Å²) in [7, 11) is 0. The Morgan fingerprint density at radius 2 is 2.06 bits per heavy atom. The number of rotatable bonds is 2. The molecule has 80 valence electrons. The molecule has 1 aromatic carbocycles. The molecule has 1 aromatic heterocycles. The Morgan fingerprint density at radius 3 is 2.56 bits per heavy atom. The summed E-state index contributed by atoms with van der Waals surface area (Å²) < 4.78 is 5.10. The van der Waals surface area contributed by atoms with Crippen molar-refractivity contribution in [2.75, 3.05) is 0 Å². The first-order valence-electron chi connectivity index (χ1n) is 4.91. The third kappa shape index (κ3) is 1.95. The van der Waals surface area contributed by atoms with Crippen molar-refractivity contribution in [2.24, 2.45) is 5.73 Å². The summed E-state index contributed by atoms with van der Waals surface area (Å²) in [5, 5.41) is 3.93. The first-order chi connectivity index (χ1) is 7.70. The number of benzene rings is 1. The summed E-state index contributed by atoms with van der Waals surface area (Å²) in [4.78, 5) is 3.32. The van der Waals surface area contributed by atoms with Crippen molar-refractivity contribution in [1.82, 2.24) is 5.16 Å². The van der Waals surface area contributed by atoms with Gasteiger partial charge in [-0.05, 0) is 6.92 Å². The molecule has 0 aliphatic carbocycles. The van der Waals surface area contributed by atoms with Gasteiger partial charge in [-0.2, -0.15) is 0 Å². The van der Waals surface area contributed by atoms with E-state index in [1.165, 1.54) is 0 Å². The van der Waals surface area contributed by atoms with E-state index >= 15 is 0 Å². The van der Waals surface area contributed by atoms with Crippen LogP contribution < -0.4 is 5.73 Å². The fraction of sp³-hybridized carbons (Fsp3) is 0.167. The molecule has 2 N–H and O–H groups in total. The van der Waals surface area contributed by atoms with E-state index in [0.29, 0.717) is 11.4 Å². The number of hydrogen-bond donors (Lipinski definition) is 1. The Bertz CT molecular complexity index is 520. The zero-order chi connectivity index (χ0) is 11.5. The van der Waals surface area contributed by atoms with Crippen molar-refractivity contribution < 1.29 is 4.52 Å². The number of nitrogens with zero attached hydrogens (tertiary/aromatic N) is 2. The minimum Gasteiger partial charge on any atom is -0.359 e. The highest BCUT2D eigenvalue weighted by molar-refractivity contribution is 5.62. The Morgan fingerprint density at radius 1 is 1.38 bits per heavy atom. The molecule has 0 saturated heterocycles. The van der Waals surface area contributed by atoms with Gasteiger partial charge in [0.25, 0.3) is 0 Å². The van der Waals surface area contributed by atoms with Crippen molar-refractivity contribution in [2.45, 2.75) is 13.0 Å². The average molecular weight is 213 g/mol. The second-order valence-corrected chi connectivity index (χ2v) is 3.56. The maximum absolute atomic E-state index is 6.85. The molecule has 2 aromatic rings. The summed E-state index contributed by atoms with van der Waals surface area (Å²) in [6, 6.07) is 8.85. The molecule has 0 spiro atoms. The van der Waals surface area contributed by atoms with E-state index in [2.05, 4.69) is 10.0 Å². The Balaban J connectivity index is 2.32. The lowest BCUT2D eigenvalue weighted by Crippen LogP contribution is -2.02. The van der Waals surface area contributed by atoms with E-state index in [1.807, 2.05) is 25.1 Å². The molecule has 0 aliphatic heterocycles. The fourth-order valence-corrected chi connectivity index (χ4v) is 1.35. The van der Waals surface area contributed by atoms with E-state index in [4.69, 9.17) is 16.8 Å². The number of hydrogen-bond acceptors (Lipinski definition) is 3. The number of nitrogens with two attached hydrogens (primary N) is 1. The predicted molar refractivity (Wildman–Crippen MR) is 60.8 cm³/mol. The second kappa shape index (κ2) is 4.17. The molecule has 1 heterocycles. The van der Waals surface area contributed by atoms with Crippen LogP contribution >= 0.6 is 0 Å². The van der Waals surface area contributed by atoms with Gasteiger partial charge in [-0.25, -0.2) is 4.85 Å². The van der Waals surface area contributed by atoms with E-state index in [-0.39, 0.29) is 6.04 Å². The van der Waals surface area contributed by atoms with Gasteiger partial charge in [0.2, 0.25) is 0 Å². The minimum absolute atomic E-state index is 0.163. The van der Waals surface area contributed by atoms with Gasteiger partial charge in [0.1, 0.15) is 5.69 Å². The van der Waals surface area contributed by atoms with Crippen LogP contribution in [0.15, 0.2) is 34.9 Å². The van der Waals surface area contributed by atoms with Gasteiger partial charge in [0, 0.05) is 11.6 Å². The van der Waals surface area contributed by atoms with E-state index < -0.39 is 0 Å². The molecule has 0 fully saturated rings. The highest BCUT2D eigenvalue weighted by Crippen LogP contribution is 2.23. The second-order valence-electron chi connectivity index (χ2n) is 3.56. The lowest BCUT2D eigenvalue weighted by Gasteiger charge is -1.95. The van der Waals surface area contributed by atoms with Gasteiger partial charge in [0.15, 0.2) is 11.4 Å². The van der Waals surface area contributed by atoms with Gasteiger partial charge in [0.05, 0.1) is 12.6 Å². The molecule has 2 rings (SSSR count). The van der Waals surface area contributed by atoms with Crippen LogP contribution in [0.25, 0.3) is 16.1 Å². The molecule has 0 aliphatic rings. The molecule has 0 amide bonds.